The van der Waals surface area contributed by atoms with E-state index >= 15 is 0 Å². The number of benzene rings is 3. The molecule has 3 aromatic carbocycles. The average molecular weight is 463 g/mol. The first kappa shape index (κ1) is 22.1. The average Bonchev–Trinajstić information content (AvgIpc) is 3.24. The van der Waals surface area contributed by atoms with Crippen molar-refractivity contribution in [2.45, 2.75) is 12.6 Å². The number of hydrogen-bond donors (Lipinski definition) is 1. The first-order chi connectivity index (χ1) is 16.5. The predicted molar refractivity (Wildman–Crippen MR) is 124 cm³/mol. The van der Waals surface area contributed by atoms with Crippen LogP contribution >= 0.6 is 0 Å². The van der Waals surface area contributed by atoms with E-state index in [0.29, 0.717) is 17.6 Å². The van der Waals surface area contributed by atoms with Crippen molar-refractivity contribution in [2.24, 2.45) is 0 Å². The van der Waals surface area contributed by atoms with E-state index in [4.69, 9.17) is 0 Å². The van der Waals surface area contributed by atoms with Crippen LogP contribution in [0.2, 0.25) is 0 Å². The number of hydrogen-bond acceptors (Lipinski definition) is 5. The van der Waals surface area contributed by atoms with Gasteiger partial charge < -0.3 is 4.98 Å². The number of H-pyrrole nitrogens is 1. The largest absolute Gasteiger partial charge is 0.341 e. The summed E-state index contributed by atoms with van der Waals surface area (Å²) in [7, 11) is 0. The highest BCUT2D eigenvalue weighted by Crippen LogP contribution is 2.30. The lowest BCUT2D eigenvalue weighted by Gasteiger charge is -2.39. The Kier molecular flexibility index (Phi) is 6.04. The van der Waals surface area contributed by atoms with Crippen molar-refractivity contribution >= 4 is 16.7 Å². The van der Waals surface area contributed by atoms with Crippen molar-refractivity contribution < 1.29 is 13.7 Å². The maximum atomic E-state index is 13.5. The van der Waals surface area contributed by atoms with Crippen molar-refractivity contribution in [3.8, 4) is 0 Å². The lowest BCUT2D eigenvalue weighted by atomic mass is 9.96. The summed E-state index contributed by atoms with van der Waals surface area (Å²) >= 11 is 0. The highest BCUT2D eigenvalue weighted by Gasteiger charge is 2.27. The van der Waals surface area contributed by atoms with Gasteiger partial charge in [0.2, 0.25) is 0 Å². The van der Waals surface area contributed by atoms with Crippen LogP contribution in [0.25, 0.3) is 11.0 Å². The van der Waals surface area contributed by atoms with E-state index in [1.807, 2.05) is 0 Å². The number of nitrogens with zero attached hydrogens (tertiary/aromatic N) is 4. The molecule has 0 aliphatic carbocycles. The van der Waals surface area contributed by atoms with E-state index in [9.17, 15) is 18.9 Å². The van der Waals surface area contributed by atoms with Crippen LogP contribution in [0.4, 0.5) is 14.5 Å². The van der Waals surface area contributed by atoms with Gasteiger partial charge in [-0.05, 0) is 41.5 Å². The van der Waals surface area contributed by atoms with Gasteiger partial charge in [-0.25, -0.2) is 13.8 Å². The molecule has 0 unspecified atom stereocenters. The summed E-state index contributed by atoms with van der Waals surface area (Å²) in [6, 6.07) is 17.4. The number of halogens is 2. The molecular weight excluding hydrogens is 440 g/mol. The molecular formula is C25H23F2N5O2. The lowest BCUT2D eigenvalue weighted by Crippen LogP contribution is -2.47. The second kappa shape index (κ2) is 9.28. The third-order valence-electron chi connectivity index (χ3n) is 6.24. The van der Waals surface area contributed by atoms with Crippen molar-refractivity contribution in [3.63, 3.8) is 0 Å². The second-order valence-corrected chi connectivity index (χ2v) is 8.46. The number of aromatic amines is 1. The Bertz CT molecular complexity index is 1250. The molecule has 1 N–H and O–H groups in total. The van der Waals surface area contributed by atoms with E-state index in [-0.39, 0.29) is 23.4 Å². The van der Waals surface area contributed by atoms with Crippen LogP contribution in [0.3, 0.4) is 0 Å². The van der Waals surface area contributed by atoms with Gasteiger partial charge in [0.1, 0.15) is 17.5 Å². The molecule has 1 aromatic heterocycles. The Morgan fingerprint density at radius 3 is 2.06 bits per heavy atom. The summed E-state index contributed by atoms with van der Waals surface area (Å²) in [5.41, 5.74) is 3.30. The number of piperazine rings is 1. The van der Waals surface area contributed by atoms with Gasteiger partial charge in [-0.1, -0.05) is 24.3 Å². The number of aromatic nitrogens is 2. The molecule has 1 aliphatic rings. The van der Waals surface area contributed by atoms with E-state index < -0.39 is 4.92 Å². The highest BCUT2D eigenvalue weighted by molar-refractivity contribution is 5.77. The number of nitrogens with one attached hydrogen (secondary N) is 1. The molecule has 1 saturated heterocycles. The minimum atomic E-state index is -0.419. The molecule has 9 heteroatoms. The molecule has 2 heterocycles. The smallest absolute Gasteiger partial charge is 0.271 e. The SMILES string of the molecule is O=[N+]([O-])c1ccc2nc(CN3CCN(C(c4ccc(F)cc4)c4ccc(F)cc4)CC3)[nH]c2c1. The van der Waals surface area contributed by atoms with Gasteiger partial charge in [0.15, 0.2) is 0 Å². The number of rotatable bonds is 6. The van der Waals surface area contributed by atoms with Crippen molar-refractivity contribution in [1.29, 1.82) is 0 Å². The third kappa shape index (κ3) is 4.66. The third-order valence-corrected chi connectivity index (χ3v) is 6.24. The van der Waals surface area contributed by atoms with E-state index in [0.717, 1.165) is 43.1 Å². The molecule has 4 aromatic rings. The second-order valence-electron chi connectivity index (χ2n) is 8.46. The summed E-state index contributed by atoms with van der Waals surface area (Å²) in [5, 5.41) is 11.0. The molecule has 0 radical (unpaired) electrons. The number of non-ortho nitro benzene ring substituents is 1. The van der Waals surface area contributed by atoms with Gasteiger partial charge in [0.05, 0.1) is 28.5 Å². The zero-order valence-electron chi connectivity index (χ0n) is 18.3. The van der Waals surface area contributed by atoms with E-state index in [1.54, 1.807) is 30.3 Å². The van der Waals surface area contributed by atoms with Crippen molar-refractivity contribution in [1.82, 2.24) is 19.8 Å². The normalized spacial score (nSPS) is 15.3. The van der Waals surface area contributed by atoms with Gasteiger partial charge in [0.25, 0.3) is 5.69 Å². The summed E-state index contributed by atoms with van der Waals surface area (Å²) in [5.74, 6) is 0.183. The first-order valence-electron chi connectivity index (χ1n) is 11.1. The van der Waals surface area contributed by atoms with Crippen molar-refractivity contribution in [2.75, 3.05) is 26.2 Å². The molecule has 174 valence electrons. The molecule has 7 nitrogen and oxygen atoms in total. The number of imidazole rings is 1. The fourth-order valence-electron chi connectivity index (χ4n) is 4.53. The van der Waals surface area contributed by atoms with E-state index in [2.05, 4.69) is 19.8 Å². The Morgan fingerprint density at radius 1 is 0.912 bits per heavy atom. The molecule has 34 heavy (non-hydrogen) atoms. The molecule has 0 bridgehead atoms. The molecule has 0 amide bonds. The molecule has 0 spiro atoms. The van der Waals surface area contributed by atoms with Gasteiger partial charge >= 0.3 is 0 Å². The topological polar surface area (TPSA) is 78.3 Å². The Labute approximate surface area is 194 Å². The summed E-state index contributed by atoms with van der Waals surface area (Å²) in [6.07, 6.45) is 0. The lowest BCUT2D eigenvalue weighted by molar-refractivity contribution is -0.384. The summed E-state index contributed by atoms with van der Waals surface area (Å²) in [6.45, 7) is 3.72. The van der Waals surface area contributed by atoms with E-state index in [1.165, 1.54) is 36.4 Å². The molecule has 1 aliphatic heterocycles. The molecule has 5 rings (SSSR count). The fraction of sp³-hybridized carbons (Fsp3) is 0.240. The monoisotopic (exact) mass is 463 g/mol. The quantitative estimate of drug-likeness (QED) is 0.333. The Morgan fingerprint density at radius 2 is 1.50 bits per heavy atom. The first-order valence-corrected chi connectivity index (χ1v) is 11.1. The Balaban J connectivity index is 1.30. The van der Waals surface area contributed by atoms with Crippen LogP contribution in [-0.4, -0.2) is 50.9 Å². The van der Waals surface area contributed by atoms with Crippen LogP contribution in [0.1, 0.15) is 23.0 Å². The van der Waals surface area contributed by atoms with Crippen molar-refractivity contribution in [3.05, 3.63) is 105 Å². The zero-order valence-corrected chi connectivity index (χ0v) is 18.3. The zero-order chi connectivity index (χ0) is 23.7. The minimum Gasteiger partial charge on any atom is -0.341 e. The fourth-order valence-corrected chi connectivity index (χ4v) is 4.53. The van der Waals surface area contributed by atoms with Gasteiger partial charge in [-0.3, -0.25) is 19.9 Å². The van der Waals surface area contributed by atoms with Crippen LogP contribution in [-0.2, 0) is 6.54 Å². The van der Waals surface area contributed by atoms with Crippen LogP contribution in [0.15, 0.2) is 66.7 Å². The number of nitro benzene ring substituents is 1. The maximum absolute atomic E-state index is 13.5. The molecule has 0 saturated carbocycles. The summed E-state index contributed by atoms with van der Waals surface area (Å²) < 4.78 is 27.1. The standard InChI is InChI=1S/C25H23F2N5O2/c26-19-5-1-17(2-6-19)25(18-3-7-20(27)8-4-18)31-13-11-30(12-14-31)16-24-28-22-10-9-21(32(33)34)15-23(22)29-24/h1-10,15,25H,11-14,16H2,(H,28,29). The molecule has 1 fully saturated rings. The van der Waals surface area contributed by atoms with Crippen LogP contribution in [0.5, 0.6) is 0 Å². The van der Waals surface area contributed by atoms with Gasteiger partial charge in [-0.15, -0.1) is 0 Å². The van der Waals surface area contributed by atoms with Crippen LogP contribution < -0.4 is 0 Å². The minimum absolute atomic E-state index is 0.0314. The number of nitro groups is 1. The van der Waals surface area contributed by atoms with Gasteiger partial charge in [0, 0.05) is 38.3 Å². The molecule has 0 atom stereocenters. The highest BCUT2D eigenvalue weighted by atomic mass is 19.1. The maximum Gasteiger partial charge on any atom is 0.271 e. The number of fused-ring (bicyclic) bond motifs is 1. The van der Waals surface area contributed by atoms with Crippen LogP contribution in [0, 0.1) is 21.7 Å². The van der Waals surface area contributed by atoms with Gasteiger partial charge in [-0.2, -0.15) is 0 Å². The Hall–Kier alpha value is -3.69. The summed E-state index contributed by atoms with van der Waals surface area (Å²) in [4.78, 5) is 22.9. The predicted octanol–water partition coefficient (Wildman–Crippen LogP) is 4.66.